The van der Waals surface area contributed by atoms with E-state index in [2.05, 4.69) is 20.6 Å². The largest absolute Gasteiger partial charge is 0.759 e. The number of benzene rings is 2. The van der Waals surface area contributed by atoms with Gasteiger partial charge in [-0.05, 0) is 35.4 Å². The Morgan fingerprint density at radius 1 is 1.26 bits per heavy atom. The van der Waals surface area contributed by atoms with E-state index in [0.717, 1.165) is 33.4 Å². The first-order chi connectivity index (χ1) is 18.1. The predicted octanol–water partition coefficient (Wildman–Crippen LogP) is 0.685. The first kappa shape index (κ1) is 26.5. The number of hydrogen-bond donors (Lipinski definition) is 3. The summed E-state index contributed by atoms with van der Waals surface area (Å²) in [5.41, 5.74) is 5.05. The third-order valence-corrected chi connectivity index (χ3v) is 8.58. The molecule has 1 aliphatic rings. The Balaban J connectivity index is 1.42. The molecule has 1 fully saturated rings. The second kappa shape index (κ2) is 10.6. The quantitative estimate of drug-likeness (QED) is 0.187. The summed E-state index contributed by atoms with van der Waals surface area (Å²) in [6, 6.07) is 12.6. The van der Waals surface area contributed by atoms with E-state index in [0.29, 0.717) is 24.2 Å². The van der Waals surface area contributed by atoms with Crippen molar-refractivity contribution in [2.75, 3.05) is 19.3 Å². The molecule has 3 N–H and O–H groups in total. The smallest absolute Gasteiger partial charge is 0.254 e. The van der Waals surface area contributed by atoms with Gasteiger partial charge in [0, 0.05) is 36.2 Å². The van der Waals surface area contributed by atoms with E-state index >= 15 is 0 Å². The van der Waals surface area contributed by atoms with Gasteiger partial charge in [0.1, 0.15) is 5.01 Å². The topological polar surface area (TPSA) is 191 Å². The molecule has 0 radical (unpaired) electrons. The number of rotatable bonds is 9. The standard InChI is InChI=1S/C22H22N6O7S3/c1-38(33,34)19(20-26-25-18(35-20)9-23-27-37(31)32)21-24-16-6-5-13(8-17(16)36-21)12-3-2-4-14(7-12)22(30)28-10-15(29)11-28/h2-8,15,19,23,27,29H,9-11H2,1H3,(H,31,32)/p-1. The second-order valence-electron chi connectivity index (χ2n) is 8.61. The fourth-order valence-electron chi connectivity index (χ4n) is 3.96. The molecule has 2 aromatic carbocycles. The van der Waals surface area contributed by atoms with Crippen LogP contribution < -0.4 is 10.3 Å². The number of β-amino-alcohol motifs (C(OH)–C–C–N with tert-alkyl or cyclic N) is 1. The molecule has 0 spiro atoms. The van der Waals surface area contributed by atoms with Crippen molar-refractivity contribution >= 4 is 48.6 Å². The SMILES string of the molecule is CS(=O)(=O)C(c1nnc(CNNS(=O)[O-])o1)c1nc2ccc(-c3cccc(C(=O)N4CC(O)C4)c3)cc2s1. The van der Waals surface area contributed by atoms with Crippen LogP contribution in [-0.2, 0) is 27.6 Å². The third-order valence-electron chi connectivity index (χ3n) is 5.75. The van der Waals surface area contributed by atoms with Crippen LogP contribution in [0, 0.1) is 0 Å². The minimum Gasteiger partial charge on any atom is -0.759 e. The molecule has 38 heavy (non-hydrogen) atoms. The van der Waals surface area contributed by atoms with Gasteiger partial charge in [-0.1, -0.05) is 18.2 Å². The summed E-state index contributed by atoms with van der Waals surface area (Å²) in [4.78, 5) is 20.7. The summed E-state index contributed by atoms with van der Waals surface area (Å²) < 4.78 is 52.7. The molecule has 1 amide bonds. The van der Waals surface area contributed by atoms with Crippen molar-refractivity contribution in [1.82, 2.24) is 30.3 Å². The zero-order chi connectivity index (χ0) is 27.0. The van der Waals surface area contributed by atoms with Crippen molar-refractivity contribution in [3.8, 4) is 11.1 Å². The lowest BCUT2D eigenvalue weighted by atomic mass is 10.0. The van der Waals surface area contributed by atoms with Gasteiger partial charge in [-0.3, -0.25) is 9.00 Å². The molecule has 16 heteroatoms. The zero-order valence-corrected chi connectivity index (χ0v) is 22.2. The lowest BCUT2D eigenvalue weighted by molar-refractivity contribution is 0.00590. The average Bonchev–Trinajstić information content (AvgIpc) is 3.47. The highest BCUT2D eigenvalue weighted by atomic mass is 32.2. The van der Waals surface area contributed by atoms with Gasteiger partial charge >= 0.3 is 0 Å². The summed E-state index contributed by atoms with van der Waals surface area (Å²) in [7, 11) is -3.77. The van der Waals surface area contributed by atoms with Crippen molar-refractivity contribution in [3.63, 3.8) is 0 Å². The van der Waals surface area contributed by atoms with Crippen LogP contribution in [-0.4, -0.2) is 73.7 Å². The number of nitrogens with one attached hydrogen (secondary N) is 2. The van der Waals surface area contributed by atoms with Crippen LogP contribution in [0.1, 0.15) is 32.4 Å². The molecule has 4 aromatic rings. The number of likely N-dealkylation sites (tertiary alicyclic amines) is 1. The van der Waals surface area contributed by atoms with Crippen molar-refractivity contribution in [2.24, 2.45) is 0 Å². The molecular weight excluding hydrogens is 556 g/mol. The van der Waals surface area contributed by atoms with Gasteiger partial charge in [0.15, 0.2) is 15.1 Å². The van der Waals surface area contributed by atoms with Gasteiger partial charge in [-0.25, -0.2) is 18.8 Å². The van der Waals surface area contributed by atoms with E-state index < -0.39 is 32.5 Å². The van der Waals surface area contributed by atoms with Gasteiger partial charge in [0.2, 0.25) is 11.8 Å². The Bertz CT molecular complexity index is 1630. The number of amides is 1. The molecule has 0 bridgehead atoms. The molecule has 0 aliphatic carbocycles. The molecule has 2 unspecified atom stereocenters. The van der Waals surface area contributed by atoms with E-state index in [1.807, 2.05) is 23.0 Å². The molecule has 3 heterocycles. The monoisotopic (exact) mass is 577 g/mol. The Morgan fingerprint density at radius 3 is 2.74 bits per heavy atom. The molecule has 2 aromatic heterocycles. The predicted molar refractivity (Wildman–Crippen MR) is 137 cm³/mol. The molecule has 2 atom stereocenters. The number of carbonyl (C=O) groups is 1. The molecule has 13 nitrogen and oxygen atoms in total. The van der Waals surface area contributed by atoms with E-state index in [9.17, 15) is 27.1 Å². The number of thiazole rings is 1. The molecule has 200 valence electrons. The summed E-state index contributed by atoms with van der Waals surface area (Å²) in [5, 5.41) is 16.0. The molecule has 1 saturated heterocycles. The van der Waals surface area contributed by atoms with Gasteiger partial charge in [0.05, 0.1) is 22.9 Å². The van der Waals surface area contributed by atoms with Gasteiger partial charge < -0.3 is 19.0 Å². The molecule has 5 rings (SSSR count). The Morgan fingerprint density at radius 2 is 2.03 bits per heavy atom. The first-order valence-corrected chi connectivity index (χ1v) is 15.0. The Hall–Kier alpha value is -3.12. The first-order valence-electron chi connectivity index (χ1n) is 11.2. The van der Waals surface area contributed by atoms with Crippen LogP contribution >= 0.6 is 11.3 Å². The van der Waals surface area contributed by atoms with Crippen LogP contribution in [0.15, 0.2) is 46.9 Å². The van der Waals surface area contributed by atoms with Crippen LogP contribution in [0.25, 0.3) is 21.3 Å². The summed E-state index contributed by atoms with van der Waals surface area (Å²) in [5.74, 6) is -0.355. The van der Waals surface area contributed by atoms with Crippen molar-refractivity contribution in [1.29, 1.82) is 0 Å². The number of nitrogens with zero attached hydrogens (tertiary/aromatic N) is 4. The molecular formula is C22H21N6O7S3-. The number of aliphatic hydroxyl groups is 1. The van der Waals surface area contributed by atoms with Gasteiger partial charge in [-0.2, -0.15) is 4.83 Å². The number of sulfone groups is 1. The number of hydrogen-bond acceptors (Lipinski definition) is 12. The lowest BCUT2D eigenvalue weighted by Crippen LogP contribution is -2.53. The highest BCUT2D eigenvalue weighted by Gasteiger charge is 2.34. The van der Waals surface area contributed by atoms with Crippen LogP contribution in [0.3, 0.4) is 0 Å². The van der Waals surface area contributed by atoms with Crippen LogP contribution in [0.4, 0.5) is 0 Å². The van der Waals surface area contributed by atoms with E-state index in [-0.39, 0.29) is 29.2 Å². The highest BCUT2D eigenvalue weighted by molar-refractivity contribution is 7.91. The maximum Gasteiger partial charge on any atom is 0.254 e. The Kier molecular flexibility index (Phi) is 7.36. The summed E-state index contributed by atoms with van der Waals surface area (Å²) in [6.45, 7) is 0.479. The minimum absolute atomic E-state index is 0.0165. The third kappa shape index (κ3) is 5.65. The number of hydrazine groups is 1. The van der Waals surface area contributed by atoms with Crippen LogP contribution in [0.2, 0.25) is 0 Å². The summed E-state index contributed by atoms with van der Waals surface area (Å²) in [6.07, 6.45) is 0.558. The fraction of sp³-hybridized carbons (Fsp3) is 0.273. The van der Waals surface area contributed by atoms with Gasteiger partial charge in [-0.15, -0.1) is 21.5 Å². The number of carbonyl (C=O) groups excluding carboxylic acids is 1. The van der Waals surface area contributed by atoms with Gasteiger partial charge in [0.25, 0.3) is 5.91 Å². The van der Waals surface area contributed by atoms with Crippen molar-refractivity contribution < 1.29 is 31.5 Å². The van der Waals surface area contributed by atoms with Crippen molar-refractivity contribution in [3.05, 3.63) is 64.8 Å². The summed E-state index contributed by atoms with van der Waals surface area (Å²) >= 11 is -1.38. The average molecular weight is 578 g/mol. The van der Waals surface area contributed by atoms with Crippen LogP contribution in [0.5, 0.6) is 0 Å². The number of aromatic nitrogens is 3. The van der Waals surface area contributed by atoms with E-state index in [4.69, 9.17) is 4.42 Å². The Labute approximate surface area is 223 Å². The van der Waals surface area contributed by atoms with E-state index in [1.165, 1.54) is 0 Å². The number of fused-ring (bicyclic) bond motifs is 1. The number of aliphatic hydroxyl groups excluding tert-OH is 1. The maximum absolute atomic E-state index is 12.7. The normalized spacial score (nSPS) is 15.9. The zero-order valence-electron chi connectivity index (χ0n) is 19.7. The van der Waals surface area contributed by atoms with E-state index in [1.54, 1.807) is 29.2 Å². The lowest BCUT2D eigenvalue weighted by Gasteiger charge is -2.35. The highest BCUT2D eigenvalue weighted by Crippen LogP contribution is 2.36. The second-order valence-corrected chi connectivity index (χ2v) is 12.5. The van der Waals surface area contributed by atoms with Crippen molar-refractivity contribution in [2.45, 2.75) is 17.9 Å². The molecule has 0 saturated carbocycles. The minimum atomic E-state index is -3.77. The fourth-order valence-corrected chi connectivity index (χ4v) is 6.68. The molecule has 1 aliphatic heterocycles. The maximum atomic E-state index is 12.7.